The largest absolute Gasteiger partial charge is 0.241 e. The van der Waals surface area contributed by atoms with Gasteiger partial charge in [0.05, 0.1) is 10.5 Å². The van der Waals surface area contributed by atoms with Gasteiger partial charge in [0.1, 0.15) is 6.07 Å². The van der Waals surface area contributed by atoms with Crippen LogP contribution in [0.5, 0.6) is 0 Å². The van der Waals surface area contributed by atoms with Crippen LogP contribution in [0.4, 0.5) is 0 Å². The Labute approximate surface area is 102 Å². The number of rotatable bonds is 6. The molecule has 0 aliphatic carbocycles. The standard InChI is InChI=1S/C12H14N2O2S/c1-2-3-6-9-14-17(15,16)12-8-5-4-7-11(12)10-13/h2,4-5,7-8,14H,1,3,6,9H2. The van der Waals surface area contributed by atoms with Crippen LogP contribution in [0.3, 0.4) is 0 Å². The third kappa shape index (κ3) is 3.70. The van der Waals surface area contributed by atoms with Gasteiger partial charge in [0.2, 0.25) is 10.0 Å². The average Bonchev–Trinajstić information content (AvgIpc) is 2.34. The Morgan fingerprint density at radius 1 is 1.41 bits per heavy atom. The molecule has 1 N–H and O–H groups in total. The number of nitriles is 1. The fourth-order valence-corrected chi connectivity index (χ4v) is 2.55. The zero-order valence-electron chi connectivity index (χ0n) is 9.39. The molecule has 4 nitrogen and oxygen atoms in total. The van der Waals surface area contributed by atoms with Gasteiger partial charge in [-0.2, -0.15) is 5.26 Å². The first-order valence-electron chi connectivity index (χ1n) is 5.21. The molecular weight excluding hydrogens is 236 g/mol. The van der Waals surface area contributed by atoms with Gasteiger partial charge in [0, 0.05) is 6.54 Å². The number of hydrogen-bond donors (Lipinski definition) is 1. The van der Waals surface area contributed by atoms with Crippen molar-refractivity contribution in [3.05, 3.63) is 42.5 Å². The maximum absolute atomic E-state index is 11.9. The maximum Gasteiger partial charge on any atom is 0.241 e. The molecule has 0 aliphatic heterocycles. The molecule has 5 heteroatoms. The lowest BCUT2D eigenvalue weighted by atomic mass is 10.2. The summed E-state index contributed by atoms with van der Waals surface area (Å²) in [6.07, 6.45) is 3.18. The molecule has 0 fully saturated rings. The molecule has 0 atom stereocenters. The van der Waals surface area contributed by atoms with Crippen LogP contribution < -0.4 is 4.72 Å². The highest BCUT2D eigenvalue weighted by atomic mass is 32.2. The van der Waals surface area contributed by atoms with E-state index in [1.165, 1.54) is 12.1 Å². The minimum Gasteiger partial charge on any atom is -0.211 e. The lowest BCUT2D eigenvalue weighted by Crippen LogP contribution is -2.25. The zero-order valence-corrected chi connectivity index (χ0v) is 10.2. The average molecular weight is 250 g/mol. The van der Waals surface area contributed by atoms with Crippen molar-refractivity contribution in [2.75, 3.05) is 6.54 Å². The van der Waals surface area contributed by atoms with Gasteiger partial charge >= 0.3 is 0 Å². The van der Waals surface area contributed by atoms with Crippen LogP contribution in [0.1, 0.15) is 18.4 Å². The minimum absolute atomic E-state index is 0.0288. The van der Waals surface area contributed by atoms with Crippen LogP contribution in [0, 0.1) is 11.3 Å². The number of unbranched alkanes of at least 4 members (excludes halogenated alkanes) is 1. The Morgan fingerprint density at radius 3 is 2.76 bits per heavy atom. The van der Waals surface area contributed by atoms with E-state index in [1.807, 2.05) is 6.07 Å². The van der Waals surface area contributed by atoms with Gasteiger partial charge in [0.25, 0.3) is 0 Å². The molecule has 0 spiro atoms. The Hall–Kier alpha value is -1.64. The summed E-state index contributed by atoms with van der Waals surface area (Å²) in [6.45, 7) is 3.90. The van der Waals surface area contributed by atoms with Gasteiger partial charge < -0.3 is 0 Å². The van der Waals surface area contributed by atoms with E-state index < -0.39 is 10.0 Å². The molecule has 0 amide bonds. The van der Waals surface area contributed by atoms with Gasteiger partial charge in [-0.05, 0) is 25.0 Å². The van der Waals surface area contributed by atoms with Crippen molar-refractivity contribution in [1.82, 2.24) is 4.72 Å². The summed E-state index contributed by atoms with van der Waals surface area (Å²) in [6, 6.07) is 8.01. The quantitative estimate of drug-likeness (QED) is 0.618. The van der Waals surface area contributed by atoms with Crippen LogP contribution in [-0.4, -0.2) is 15.0 Å². The number of hydrogen-bond acceptors (Lipinski definition) is 3. The first kappa shape index (κ1) is 13.4. The monoisotopic (exact) mass is 250 g/mol. The Morgan fingerprint density at radius 2 is 2.12 bits per heavy atom. The lowest BCUT2D eigenvalue weighted by Gasteiger charge is -2.07. The normalized spacial score (nSPS) is 10.8. The summed E-state index contributed by atoms with van der Waals surface area (Å²) in [5, 5.41) is 8.84. The molecule has 17 heavy (non-hydrogen) atoms. The van der Waals surface area contributed by atoms with E-state index in [1.54, 1.807) is 18.2 Å². The van der Waals surface area contributed by atoms with E-state index in [2.05, 4.69) is 11.3 Å². The van der Waals surface area contributed by atoms with Crippen molar-refractivity contribution in [3.8, 4) is 6.07 Å². The summed E-state index contributed by atoms with van der Waals surface area (Å²) in [4.78, 5) is 0.0288. The van der Waals surface area contributed by atoms with Crippen molar-refractivity contribution in [2.24, 2.45) is 0 Å². The number of allylic oxidation sites excluding steroid dienone is 1. The van der Waals surface area contributed by atoms with E-state index in [0.29, 0.717) is 13.0 Å². The number of benzene rings is 1. The lowest BCUT2D eigenvalue weighted by molar-refractivity contribution is 0.579. The highest BCUT2D eigenvalue weighted by Crippen LogP contribution is 2.13. The van der Waals surface area contributed by atoms with E-state index >= 15 is 0 Å². The predicted molar refractivity (Wildman–Crippen MR) is 65.8 cm³/mol. The molecular formula is C12H14N2O2S. The molecule has 0 unspecified atom stereocenters. The van der Waals surface area contributed by atoms with Crippen molar-refractivity contribution < 1.29 is 8.42 Å². The first-order valence-corrected chi connectivity index (χ1v) is 6.70. The van der Waals surface area contributed by atoms with Crippen LogP contribution in [-0.2, 0) is 10.0 Å². The molecule has 0 bridgehead atoms. The van der Waals surface area contributed by atoms with Crippen molar-refractivity contribution in [1.29, 1.82) is 5.26 Å². The summed E-state index contributed by atoms with van der Waals surface area (Å²) < 4.78 is 26.2. The zero-order chi connectivity index (χ0) is 12.7. The molecule has 0 aliphatic rings. The minimum atomic E-state index is -3.59. The Balaban J connectivity index is 2.83. The molecule has 1 aromatic rings. The van der Waals surface area contributed by atoms with Gasteiger partial charge in [-0.25, -0.2) is 13.1 Å². The molecule has 1 aromatic carbocycles. The van der Waals surface area contributed by atoms with Crippen molar-refractivity contribution in [3.63, 3.8) is 0 Å². The van der Waals surface area contributed by atoms with E-state index in [4.69, 9.17) is 5.26 Å². The van der Waals surface area contributed by atoms with Crippen LogP contribution in [0.15, 0.2) is 41.8 Å². The van der Waals surface area contributed by atoms with Gasteiger partial charge in [-0.1, -0.05) is 18.2 Å². The van der Waals surface area contributed by atoms with E-state index in [-0.39, 0.29) is 10.5 Å². The second-order valence-corrected chi connectivity index (χ2v) is 5.17. The topological polar surface area (TPSA) is 70.0 Å². The summed E-state index contributed by atoms with van der Waals surface area (Å²) >= 11 is 0. The van der Waals surface area contributed by atoms with Gasteiger partial charge in [-0.15, -0.1) is 6.58 Å². The first-order chi connectivity index (χ1) is 8.11. The van der Waals surface area contributed by atoms with E-state index in [9.17, 15) is 8.42 Å². The van der Waals surface area contributed by atoms with Crippen LogP contribution >= 0.6 is 0 Å². The number of sulfonamides is 1. The van der Waals surface area contributed by atoms with Crippen molar-refractivity contribution >= 4 is 10.0 Å². The molecule has 0 aromatic heterocycles. The second kappa shape index (κ2) is 6.18. The summed E-state index contributed by atoms with van der Waals surface area (Å²) in [5.41, 5.74) is 0.156. The van der Waals surface area contributed by atoms with E-state index in [0.717, 1.165) is 6.42 Å². The highest BCUT2D eigenvalue weighted by molar-refractivity contribution is 7.89. The van der Waals surface area contributed by atoms with Crippen LogP contribution in [0.25, 0.3) is 0 Å². The Bertz CT molecular complexity index is 530. The van der Waals surface area contributed by atoms with Crippen LogP contribution in [0.2, 0.25) is 0 Å². The second-order valence-electron chi connectivity index (χ2n) is 3.44. The highest BCUT2D eigenvalue weighted by Gasteiger charge is 2.16. The molecule has 90 valence electrons. The van der Waals surface area contributed by atoms with Crippen molar-refractivity contribution in [2.45, 2.75) is 17.7 Å². The molecule has 1 rings (SSSR count). The SMILES string of the molecule is C=CCCCNS(=O)(=O)c1ccccc1C#N. The Kier molecular flexibility index (Phi) is 4.88. The molecule has 0 heterocycles. The van der Waals surface area contributed by atoms with Gasteiger partial charge in [0.15, 0.2) is 0 Å². The number of nitrogens with one attached hydrogen (secondary N) is 1. The summed E-state index contributed by atoms with van der Waals surface area (Å²) in [7, 11) is -3.59. The molecule has 0 saturated carbocycles. The summed E-state index contributed by atoms with van der Waals surface area (Å²) in [5.74, 6) is 0. The smallest absolute Gasteiger partial charge is 0.211 e. The fraction of sp³-hybridized carbons (Fsp3) is 0.250. The maximum atomic E-state index is 11.9. The van der Waals surface area contributed by atoms with Gasteiger partial charge in [-0.3, -0.25) is 0 Å². The number of nitrogens with zero attached hydrogens (tertiary/aromatic N) is 1. The third-order valence-electron chi connectivity index (χ3n) is 2.17. The molecule has 0 radical (unpaired) electrons. The predicted octanol–water partition coefficient (Wildman–Crippen LogP) is 1.80. The molecule has 0 saturated heterocycles. The third-order valence-corrected chi connectivity index (χ3v) is 3.69. The fourth-order valence-electron chi connectivity index (χ4n) is 1.32.